The minimum atomic E-state index is 0.0204. The number of rotatable bonds is 7. The van der Waals surface area contributed by atoms with E-state index in [1.807, 2.05) is 48.3 Å². The molecule has 37 heavy (non-hydrogen) atoms. The standard InChI is InChI=1S/C29H34N4O4/c1-31(13-14-34)28-17-24(29(35)33-12-4-5-22(33)18-32-10-2-3-11-32)23-15-20(6-8-25(23)30-28)21-7-9-26-27(16-21)37-19-36-26/h6-9,15-17,22,34H,2-5,10-14,18-19H2,1H3/t22-/m0/s1. The smallest absolute Gasteiger partial charge is 0.254 e. The van der Waals surface area contributed by atoms with E-state index < -0.39 is 0 Å². The van der Waals surface area contributed by atoms with Crippen LogP contribution in [0.1, 0.15) is 36.0 Å². The first-order chi connectivity index (χ1) is 18.1. The normalized spacial score (nSPS) is 19.2. The Morgan fingerprint density at radius 1 is 1.03 bits per heavy atom. The lowest BCUT2D eigenvalue weighted by atomic mass is 9.99. The molecule has 1 aromatic heterocycles. The zero-order valence-corrected chi connectivity index (χ0v) is 21.4. The maximum atomic E-state index is 14.2. The van der Waals surface area contributed by atoms with Gasteiger partial charge in [-0.25, -0.2) is 4.98 Å². The predicted molar refractivity (Wildman–Crippen MR) is 143 cm³/mol. The van der Waals surface area contributed by atoms with Crippen LogP contribution in [0.5, 0.6) is 11.5 Å². The SMILES string of the molecule is CN(CCO)c1cc(C(=O)N2CCC[C@H]2CN2CCCC2)c2cc(-c3ccc4c(c3)OCO4)ccc2n1. The van der Waals surface area contributed by atoms with E-state index in [4.69, 9.17) is 14.5 Å². The molecule has 2 saturated heterocycles. The van der Waals surface area contributed by atoms with Crippen molar-refractivity contribution in [3.63, 3.8) is 0 Å². The fraction of sp³-hybridized carbons (Fsp3) is 0.448. The lowest BCUT2D eigenvalue weighted by Crippen LogP contribution is -2.42. The van der Waals surface area contributed by atoms with Crippen LogP contribution in [0.25, 0.3) is 22.0 Å². The Labute approximate surface area is 217 Å². The molecule has 2 fully saturated rings. The lowest BCUT2D eigenvalue weighted by Gasteiger charge is -2.29. The molecule has 8 nitrogen and oxygen atoms in total. The van der Waals surface area contributed by atoms with Crippen LogP contribution in [0.4, 0.5) is 5.82 Å². The van der Waals surface area contributed by atoms with Gasteiger partial charge >= 0.3 is 0 Å². The van der Waals surface area contributed by atoms with Gasteiger partial charge < -0.3 is 29.3 Å². The van der Waals surface area contributed by atoms with E-state index in [2.05, 4.69) is 15.9 Å². The summed E-state index contributed by atoms with van der Waals surface area (Å²) in [7, 11) is 1.89. The molecule has 8 heteroatoms. The van der Waals surface area contributed by atoms with Crippen LogP contribution in [0.3, 0.4) is 0 Å². The molecule has 1 amide bonds. The Balaban J connectivity index is 1.40. The minimum Gasteiger partial charge on any atom is -0.454 e. The number of anilines is 1. The van der Waals surface area contributed by atoms with Crippen molar-refractivity contribution in [1.82, 2.24) is 14.8 Å². The van der Waals surface area contributed by atoms with Crippen molar-refractivity contribution in [2.24, 2.45) is 0 Å². The van der Waals surface area contributed by atoms with E-state index in [1.165, 1.54) is 12.8 Å². The minimum absolute atomic E-state index is 0.0204. The molecule has 0 saturated carbocycles. The summed E-state index contributed by atoms with van der Waals surface area (Å²) < 4.78 is 11.1. The van der Waals surface area contributed by atoms with Crippen molar-refractivity contribution in [3.05, 3.63) is 48.0 Å². The van der Waals surface area contributed by atoms with E-state index in [0.29, 0.717) is 17.9 Å². The maximum absolute atomic E-state index is 14.2. The molecule has 1 N–H and O–H groups in total. The molecule has 0 unspecified atom stereocenters. The van der Waals surface area contributed by atoms with Gasteiger partial charge in [-0.15, -0.1) is 0 Å². The summed E-state index contributed by atoms with van der Waals surface area (Å²) in [6, 6.07) is 14.1. The number of carbonyl (C=O) groups is 1. The molecule has 0 aliphatic carbocycles. The summed E-state index contributed by atoms with van der Waals surface area (Å²) in [5.74, 6) is 2.23. The van der Waals surface area contributed by atoms with Crippen molar-refractivity contribution in [2.75, 3.05) is 58.1 Å². The zero-order chi connectivity index (χ0) is 25.4. The van der Waals surface area contributed by atoms with Gasteiger partial charge in [-0.1, -0.05) is 12.1 Å². The fourth-order valence-corrected chi connectivity index (χ4v) is 5.82. The van der Waals surface area contributed by atoms with Crippen LogP contribution in [0, 0.1) is 0 Å². The van der Waals surface area contributed by atoms with Gasteiger partial charge in [0, 0.05) is 38.1 Å². The summed E-state index contributed by atoms with van der Waals surface area (Å²) in [6.45, 7) is 4.70. The van der Waals surface area contributed by atoms with Gasteiger partial charge in [-0.2, -0.15) is 0 Å². The number of aromatic nitrogens is 1. The zero-order valence-electron chi connectivity index (χ0n) is 21.4. The third-order valence-electron chi connectivity index (χ3n) is 7.86. The molecular formula is C29H34N4O4. The van der Waals surface area contributed by atoms with Gasteiger partial charge in [0.05, 0.1) is 17.7 Å². The van der Waals surface area contributed by atoms with Crippen LogP contribution in [0.2, 0.25) is 0 Å². The maximum Gasteiger partial charge on any atom is 0.254 e. The number of hydrogen-bond donors (Lipinski definition) is 1. The van der Waals surface area contributed by atoms with Gasteiger partial charge in [0.1, 0.15) is 5.82 Å². The highest BCUT2D eigenvalue weighted by Gasteiger charge is 2.32. The number of aliphatic hydroxyl groups is 1. The lowest BCUT2D eigenvalue weighted by molar-refractivity contribution is 0.0710. The van der Waals surface area contributed by atoms with E-state index >= 15 is 0 Å². The molecule has 194 valence electrons. The Hall–Kier alpha value is -3.36. The summed E-state index contributed by atoms with van der Waals surface area (Å²) in [6.07, 6.45) is 4.58. The highest BCUT2D eigenvalue weighted by atomic mass is 16.7. The van der Waals surface area contributed by atoms with E-state index in [9.17, 15) is 9.90 Å². The third kappa shape index (κ3) is 4.71. The van der Waals surface area contributed by atoms with Gasteiger partial charge in [-0.3, -0.25) is 4.79 Å². The van der Waals surface area contributed by atoms with Gasteiger partial charge in [0.25, 0.3) is 5.91 Å². The Kier molecular flexibility index (Phi) is 6.61. The number of hydrogen-bond acceptors (Lipinski definition) is 7. The van der Waals surface area contributed by atoms with Crippen molar-refractivity contribution < 1.29 is 19.4 Å². The number of fused-ring (bicyclic) bond motifs is 2. The van der Waals surface area contributed by atoms with Crippen molar-refractivity contribution in [2.45, 2.75) is 31.7 Å². The van der Waals surface area contributed by atoms with Crippen molar-refractivity contribution >= 4 is 22.6 Å². The summed E-state index contributed by atoms with van der Waals surface area (Å²) >= 11 is 0. The number of benzene rings is 2. The molecule has 6 rings (SSSR count). The van der Waals surface area contributed by atoms with Crippen LogP contribution in [-0.2, 0) is 0 Å². The van der Waals surface area contributed by atoms with Gasteiger partial charge in [0.2, 0.25) is 6.79 Å². The fourth-order valence-electron chi connectivity index (χ4n) is 5.82. The monoisotopic (exact) mass is 502 g/mol. The molecular weight excluding hydrogens is 468 g/mol. The number of aliphatic hydroxyl groups excluding tert-OH is 1. The number of likely N-dealkylation sites (tertiary alicyclic amines) is 2. The molecule has 1 atom stereocenters. The summed E-state index contributed by atoms with van der Waals surface area (Å²) in [5.41, 5.74) is 3.43. The van der Waals surface area contributed by atoms with E-state index in [1.54, 1.807) is 0 Å². The molecule has 3 aliphatic rings. The van der Waals surface area contributed by atoms with Crippen LogP contribution in [-0.4, -0.2) is 85.0 Å². The van der Waals surface area contributed by atoms with Crippen LogP contribution < -0.4 is 14.4 Å². The van der Waals surface area contributed by atoms with Crippen molar-refractivity contribution in [3.8, 4) is 22.6 Å². The van der Waals surface area contributed by atoms with Gasteiger partial charge in [-0.05, 0) is 80.2 Å². The first-order valence-corrected chi connectivity index (χ1v) is 13.3. The van der Waals surface area contributed by atoms with Crippen LogP contribution in [0.15, 0.2) is 42.5 Å². The largest absolute Gasteiger partial charge is 0.454 e. The second-order valence-corrected chi connectivity index (χ2v) is 10.3. The number of amides is 1. The molecule has 0 radical (unpaired) electrons. The topological polar surface area (TPSA) is 78.4 Å². The molecule has 0 bridgehead atoms. The first-order valence-electron chi connectivity index (χ1n) is 13.3. The van der Waals surface area contributed by atoms with Crippen LogP contribution >= 0.6 is 0 Å². The molecule has 4 heterocycles. The quantitative estimate of drug-likeness (QED) is 0.527. The molecule has 2 aromatic carbocycles. The number of carbonyl (C=O) groups excluding carboxylic acids is 1. The number of pyridine rings is 1. The molecule has 0 spiro atoms. The number of nitrogens with zero attached hydrogens (tertiary/aromatic N) is 4. The highest BCUT2D eigenvalue weighted by molar-refractivity contribution is 6.08. The van der Waals surface area contributed by atoms with E-state index in [0.717, 1.165) is 72.5 Å². The van der Waals surface area contributed by atoms with Gasteiger partial charge in [0.15, 0.2) is 11.5 Å². The summed E-state index contributed by atoms with van der Waals surface area (Å²) in [4.78, 5) is 25.5. The highest BCUT2D eigenvalue weighted by Crippen LogP contribution is 2.37. The second kappa shape index (κ2) is 10.2. The predicted octanol–water partition coefficient (Wildman–Crippen LogP) is 3.76. The number of likely N-dealkylation sites (N-methyl/N-ethyl adjacent to an activating group) is 1. The second-order valence-electron chi connectivity index (χ2n) is 10.3. The average Bonchev–Trinajstić information content (AvgIpc) is 3.70. The first kappa shape index (κ1) is 24.0. The van der Waals surface area contributed by atoms with E-state index in [-0.39, 0.29) is 25.3 Å². The number of ether oxygens (including phenoxy) is 2. The Morgan fingerprint density at radius 2 is 1.81 bits per heavy atom. The average molecular weight is 503 g/mol. The molecule has 3 aromatic rings. The Bertz CT molecular complexity index is 1310. The third-order valence-corrected chi connectivity index (χ3v) is 7.86. The van der Waals surface area contributed by atoms with Crippen molar-refractivity contribution in [1.29, 1.82) is 0 Å². The molecule has 3 aliphatic heterocycles. The summed E-state index contributed by atoms with van der Waals surface area (Å²) in [5, 5.41) is 10.3. The Morgan fingerprint density at radius 3 is 2.65 bits per heavy atom.